The van der Waals surface area contributed by atoms with Crippen LogP contribution >= 0.6 is 12.6 Å². The molecule has 0 bridgehead atoms. The van der Waals surface area contributed by atoms with Gasteiger partial charge in [0.2, 0.25) is 0 Å². The summed E-state index contributed by atoms with van der Waals surface area (Å²) in [5.74, 6) is 0.623. The molecule has 0 radical (unpaired) electrons. The highest BCUT2D eigenvalue weighted by atomic mass is 32.1. The maximum absolute atomic E-state index is 14.6. The molecule has 1 N–H and O–H groups in total. The number of thiol groups is 1. The van der Waals surface area contributed by atoms with E-state index >= 15 is 0 Å². The molecule has 0 aromatic rings. The van der Waals surface area contributed by atoms with E-state index < -0.39 is 29.9 Å². The van der Waals surface area contributed by atoms with Gasteiger partial charge >= 0.3 is 5.97 Å². The van der Waals surface area contributed by atoms with Crippen LogP contribution in [0, 0.1) is 39.9 Å². The predicted molar refractivity (Wildman–Crippen MR) is 188 cm³/mol. The summed E-state index contributed by atoms with van der Waals surface area (Å²) >= 11 is 5.46. The van der Waals surface area contributed by atoms with E-state index in [2.05, 4.69) is 37.5 Å². The first-order chi connectivity index (χ1) is 23.0. The van der Waals surface area contributed by atoms with Gasteiger partial charge in [0.15, 0.2) is 18.2 Å². The Bertz CT molecular complexity index is 1330. The summed E-state index contributed by atoms with van der Waals surface area (Å²) in [6.45, 7) is 19.0. The van der Waals surface area contributed by atoms with Crippen molar-refractivity contribution in [3.63, 3.8) is 0 Å². The molecule has 12 atom stereocenters. The Kier molecular flexibility index (Phi) is 8.55. The van der Waals surface area contributed by atoms with Gasteiger partial charge < -0.3 is 24.1 Å². The van der Waals surface area contributed by atoms with Gasteiger partial charge in [-0.1, -0.05) is 13.8 Å². The van der Waals surface area contributed by atoms with Crippen LogP contribution < -0.4 is 0 Å². The maximum Gasteiger partial charge on any atom is 0.303 e. The highest BCUT2D eigenvalue weighted by Gasteiger charge is 2.82. The number of hydrogen-bond acceptors (Lipinski definition) is 10. The lowest BCUT2D eigenvalue weighted by molar-refractivity contribution is -0.250. The van der Waals surface area contributed by atoms with Gasteiger partial charge in [-0.25, -0.2) is 0 Å². The van der Waals surface area contributed by atoms with E-state index in [1.807, 2.05) is 0 Å². The molecule has 49 heavy (non-hydrogen) atoms. The van der Waals surface area contributed by atoms with Gasteiger partial charge in [0.05, 0.1) is 24.4 Å². The molecule has 276 valence electrons. The number of Topliss-reactive ketones (excluding diaryl/α,β-unsaturated/α-hetero) is 1. The topological polar surface area (TPSA) is 97.8 Å². The Balaban J connectivity index is 0.959. The third-order valence-electron chi connectivity index (χ3n) is 15.7. The Morgan fingerprint density at radius 2 is 1.76 bits per heavy atom. The molecule has 8 rings (SSSR count). The number of esters is 1. The molecule has 0 aromatic heterocycles. The van der Waals surface area contributed by atoms with Crippen LogP contribution in [0.4, 0.5) is 0 Å². The number of rotatable bonds is 7. The second kappa shape index (κ2) is 11.9. The van der Waals surface area contributed by atoms with E-state index in [0.717, 1.165) is 71.3 Å². The Labute approximate surface area is 299 Å². The van der Waals surface area contributed by atoms with E-state index in [-0.39, 0.29) is 51.0 Å². The van der Waals surface area contributed by atoms with E-state index in [0.29, 0.717) is 30.3 Å². The highest BCUT2D eigenvalue weighted by molar-refractivity contribution is 7.82. The van der Waals surface area contributed by atoms with Gasteiger partial charge in [0.25, 0.3) is 0 Å². The molecule has 8 aliphatic rings. The lowest BCUT2D eigenvalue weighted by Crippen LogP contribution is -2.64. The van der Waals surface area contributed by atoms with Crippen molar-refractivity contribution >= 4 is 24.4 Å². The summed E-state index contributed by atoms with van der Waals surface area (Å²) in [7, 11) is 0. The monoisotopic (exact) mass is 702 g/mol. The zero-order chi connectivity index (χ0) is 34.9. The first-order valence-corrected chi connectivity index (χ1v) is 20.0. The van der Waals surface area contributed by atoms with Gasteiger partial charge in [-0.05, 0) is 114 Å². The van der Waals surface area contributed by atoms with Gasteiger partial charge in [-0.2, -0.15) is 12.6 Å². The third-order valence-corrected chi connectivity index (χ3v) is 16.5. The van der Waals surface area contributed by atoms with Crippen LogP contribution in [0.3, 0.4) is 0 Å². The molecule has 3 heterocycles. The van der Waals surface area contributed by atoms with Gasteiger partial charge in [-0.15, -0.1) is 0 Å². The van der Waals surface area contributed by atoms with Gasteiger partial charge in [0, 0.05) is 61.8 Å². The molecule has 8 fully saturated rings. The quantitative estimate of drug-likeness (QED) is 0.285. The Morgan fingerprint density at radius 1 is 1.02 bits per heavy atom. The fourth-order valence-corrected chi connectivity index (χ4v) is 13.9. The molecule has 2 spiro atoms. The summed E-state index contributed by atoms with van der Waals surface area (Å²) in [4.78, 5) is 31.7. The number of carbonyl (C=O) groups excluding carboxylic acids is 2. The van der Waals surface area contributed by atoms with Crippen molar-refractivity contribution in [2.24, 2.45) is 39.9 Å². The fourth-order valence-electron chi connectivity index (χ4n) is 13.3. The lowest BCUT2D eigenvalue weighted by Gasteiger charge is -2.59. The minimum Gasteiger partial charge on any atom is -0.457 e. The molecular weight excluding hydrogens is 641 g/mol. The van der Waals surface area contributed by atoms with Crippen molar-refractivity contribution in [1.29, 1.82) is 0 Å². The average Bonchev–Trinajstić information content (AvgIpc) is 3.61. The zero-order valence-corrected chi connectivity index (χ0v) is 31.9. The third kappa shape index (κ3) is 5.29. The largest absolute Gasteiger partial charge is 0.457 e. The van der Waals surface area contributed by atoms with Crippen LogP contribution in [-0.4, -0.2) is 113 Å². The number of morpholine rings is 1. The summed E-state index contributed by atoms with van der Waals surface area (Å²) < 4.78 is 25.0. The minimum absolute atomic E-state index is 0.0333. The van der Waals surface area contributed by atoms with E-state index in [1.54, 1.807) is 13.8 Å². The molecule has 9 nitrogen and oxygen atoms in total. The van der Waals surface area contributed by atoms with Crippen LogP contribution in [0.1, 0.15) is 106 Å². The number of fused-ring (bicyclic) bond motifs is 4. The summed E-state index contributed by atoms with van der Waals surface area (Å²) in [5.41, 5.74) is -0.761. The number of nitrogens with zero attached hydrogens (tertiary/aromatic N) is 2. The van der Waals surface area contributed by atoms with Crippen molar-refractivity contribution < 1.29 is 33.6 Å². The van der Waals surface area contributed by atoms with Crippen LogP contribution in [0.25, 0.3) is 0 Å². The molecule has 0 aromatic carbocycles. The zero-order valence-electron chi connectivity index (χ0n) is 31.0. The summed E-state index contributed by atoms with van der Waals surface area (Å²) in [6, 6.07) is 1.22. The Morgan fingerprint density at radius 3 is 2.45 bits per heavy atom. The van der Waals surface area contributed by atoms with Crippen molar-refractivity contribution in [2.75, 3.05) is 32.8 Å². The first kappa shape index (κ1) is 35.3. The van der Waals surface area contributed by atoms with E-state index in [1.165, 1.54) is 19.8 Å². The van der Waals surface area contributed by atoms with Crippen molar-refractivity contribution in [1.82, 2.24) is 9.80 Å². The van der Waals surface area contributed by atoms with Crippen molar-refractivity contribution in [2.45, 2.75) is 159 Å². The summed E-state index contributed by atoms with van der Waals surface area (Å²) in [6.07, 6.45) is 7.31. The SMILES string of the molecule is CC(=O)OC(C1CCC2C(O1)C(=O)C1C3CCC4C(C)(C)C(OC5CN(C6CN(C(C)C)C6)CCO5)CCC45CC35CCC21S)C(C)(C)O. The fraction of sp³-hybridized carbons (Fsp3) is 0.949. The standard InChI is InChI=1S/C39H62N2O7S/c1-22(2)41-18-24(19-41)40-16-17-45-30(20-40)48-29-12-13-38-21-37(38)14-15-39(49)26-8-10-27(34(36(6,7)44)46-23(3)42)47-33(26)32(43)31(39)25(37)9-11-28(38)35(29,4)5/h22,24-31,33-34,44,49H,8-21H2,1-7H3. The lowest BCUT2D eigenvalue weighted by atomic mass is 9.48. The van der Waals surface area contributed by atoms with Crippen LogP contribution in [-0.2, 0) is 28.5 Å². The molecule has 0 amide bonds. The molecular formula is C39H62N2O7S. The van der Waals surface area contributed by atoms with Gasteiger partial charge in [0.1, 0.15) is 6.10 Å². The van der Waals surface area contributed by atoms with Gasteiger partial charge in [-0.3, -0.25) is 19.4 Å². The number of ketones is 1. The van der Waals surface area contributed by atoms with E-state index in [9.17, 15) is 14.7 Å². The number of likely N-dealkylation sites (tertiary alicyclic amines) is 1. The predicted octanol–water partition coefficient (Wildman–Crippen LogP) is 4.87. The molecule has 3 aliphatic heterocycles. The number of carbonyl (C=O) groups is 2. The van der Waals surface area contributed by atoms with Crippen LogP contribution in [0.5, 0.6) is 0 Å². The Hall–Kier alpha value is -0.750. The van der Waals surface area contributed by atoms with E-state index in [4.69, 9.17) is 31.6 Å². The van der Waals surface area contributed by atoms with Crippen molar-refractivity contribution in [3.8, 4) is 0 Å². The van der Waals surface area contributed by atoms with Crippen LogP contribution in [0.15, 0.2) is 0 Å². The molecule has 10 heteroatoms. The average molecular weight is 703 g/mol. The molecule has 12 unspecified atom stereocenters. The second-order valence-corrected chi connectivity index (χ2v) is 19.9. The number of ether oxygens (including phenoxy) is 4. The normalized spacial score (nSPS) is 47.3. The molecule has 5 saturated carbocycles. The summed E-state index contributed by atoms with van der Waals surface area (Å²) in [5, 5.41) is 10.9. The maximum atomic E-state index is 14.6. The molecule has 3 saturated heterocycles. The number of hydrogen-bond donors (Lipinski definition) is 2. The number of aliphatic hydroxyl groups is 1. The molecule has 5 aliphatic carbocycles. The second-order valence-electron chi connectivity index (χ2n) is 19.0. The minimum atomic E-state index is -1.27. The smallest absolute Gasteiger partial charge is 0.303 e. The highest BCUT2D eigenvalue weighted by Crippen LogP contribution is 2.86. The van der Waals surface area contributed by atoms with Crippen LogP contribution in [0.2, 0.25) is 0 Å². The van der Waals surface area contributed by atoms with Crippen molar-refractivity contribution in [3.05, 3.63) is 0 Å². The first-order valence-electron chi connectivity index (χ1n) is 19.6.